The van der Waals surface area contributed by atoms with Crippen molar-refractivity contribution >= 4 is 37.8 Å². The lowest BCUT2D eigenvalue weighted by Crippen LogP contribution is -2.20. The van der Waals surface area contributed by atoms with Crippen molar-refractivity contribution in [1.29, 1.82) is 0 Å². The van der Waals surface area contributed by atoms with Crippen LogP contribution in [-0.4, -0.2) is 29.1 Å². The standard InChI is InChI=1S/C14H17Br2NO2/c15-12-3-1-11(7-13(12)16)9-17-6-5-10(8-17)2-4-14(18)19/h1,3,7,10H,2,4-6,8-9H2,(H,18,19). The summed E-state index contributed by atoms with van der Waals surface area (Å²) in [6, 6.07) is 6.31. The number of carboxylic acid groups (broad SMARTS) is 1. The maximum atomic E-state index is 10.6. The topological polar surface area (TPSA) is 40.5 Å². The van der Waals surface area contributed by atoms with Gasteiger partial charge in [0.15, 0.2) is 0 Å². The monoisotopic (exact) mass is 389 g/mol. The first kappa shape index (κ1) is 15.0. The van der Waals surface area contributed by atoms with Gasteiger partial charge in [-0.2, -0.15) is 0 Å². The first-order valence-corrected chi connectivity index (χ1v) is 8.01. The van der Waals surface area contributed by atoms with Crippen molar-refractivity contribution in [3.05, 3.63) is 32.7 Å². The van der Waals surface area contributed by atoms with Crippen LogP contribution in [0.2, 0.25) is 0 Å². The first-order valence-electron chi connectivity index (χ1n) is 6.42. The summed E-state index contributed by atoms with van der Waals surface area (Å²) in [5.41, 5.74) is 1.29. The van der Waals surface area contributed by atoms with E-state index in [0.717, 1.165) is 41.4 Å². The molecule has 0 bridgehead atoms. The maximum Gasteiger partial charge on any atom is 0.303 e. The molecule has 1 aromatic rings. The van der Waals surface area contributed by atoms with E-state index in [1.807, 2.05) is 0 Å². The van der Waals surface area contributed by atoms with Crippen LogP contribution in [0, 0.1) is 5.92 Å². The predicted molar refractivity (Wildman–Crippen MR) is 82.1 cm³/mol. The Balaban J connectivity index is 1.84. The Morgan fingerprint density at radius 1 is 1.37 bits per heavy atom. The number of benzene rings is 1. The van der Waals surface area contributed by atoms with Gasteiger partial charge in [0.05, 0.1) is 0 Å². The summed E-state index contributed by atoms with van der Waals surface area (Å²) in [6.07, 6.45) is 2.21. The molecule has 1 N–H and O–H groups in total. The molecule has 0 aliphatic carbocycles. The number of carboxylic acids is 1. The largest absolute Gasteiger partial charge is 0.481 e. The van der Waals surface area contributed by atoms with E-state index < -0.39 is 5.97 Å². The van der Waals surface area contributed by atoms with Crippen LogP contribution in [0.4, 0.5) is 0 Å². The highest BCUT2D eigenvalue weighted by molar-refractivity contribution is 9.13. The van der Waals surface area contributed by atoms with Gasteiger partial charge in [0.2, 0.25) is 0 Å². The van der Waals surface area contributed by atoms with Crippen molar-refractivity contribution in [3.8, 4) is 0 Å². The molecule has 3 nitrogen and oxygen atoms in total. The normalized spacial score (nSPS) is 19.8. The Kier molecular flexibility index (Phi) is 5.42. The van der Waals surface area contributed by atoms with Crippen LogP contribution >= 0.6 is 31.9 Å². The molecule has 1 unspecified atom stereocenters. The van der Waals surface area contributed by atoms with Crippen molar-refractivity contribution in [2.75, 3.05) is 13.1 Å². The van der Waals surface area contributed by atoms with E-state index in [9.17, 15) is 4.79 Å². The molecule has 1 fully saturated rings. The zero-order valence-corrected chi connectivity index (χ0v) is 13.8. The zero-order chi connectivity index (χ0) is 13.8. The lowest BCUT2D eigenvalue weighted by atomic mass is 10.0. The minimum absolute atomic E-state index is 0.294. The van der Waals surface area contributed by atoms with Crippen LogP contribution in [0.5, 0.6) is 0 Å². The third kappa shape index (κ3) is 4.58. The summed E-state index contributed by atoms with van der Waals surface area (Å²) >= 11 is 6.99. The van der Waals surface area contributed by atoms with Gasteiger partial charge in [0, 0.05) is 28.5 Å². The van der Waals surface area contributed by atoms with Gasteiger partial charge in [-0.15, -0.1) is 0 Å². The van der Waals surface area contributed by atoms with Gasteiger partial charge in [-0.25, -0.2) is 0 Å². The van der Waals surface area contributed by atoms with Crippen molar-refractivity contribution in [3.63, 3.8) is 0 Å². The van der Waals surface area contributed by atoms with Crippen molar-refractivity contribution in [2.24, 2.45) is 5.92 Å². The predicted octanol–water partition coefficient (Wildman–Crippen LogP) is 3.90. The molecule has 1 saturated heterocycles. The van der Waals surface area contributed by atoms with Gasteiger partial charge < -0.3 is 5.11 Å². The van der Waals surface area contributed by atoms with Crippen LogP contribution in [0.15, 0.2) is 27.1 Å². The first-order chi connectivity index (χ1) is 9.04. The number of hydrogen-bond donors (Lipinski definition) is 1. The molecule has 2 rings (SSSR count). The molecule has 0 radical (unpaired) electrons. The number of carbonyl (C=O) groups is 1. The Bertz CT molecular complexity index is 465. The Hall–Kier alpha value is -0.390. The molecule has 104 valence electrons. The number of likely N-dealkylation sites (tertiary alicyclic amines) is 1. The van der Waals surface area contributed by atoms with E-state index in [2.05, 4.69) is 55.0 Å². The van der Waals surface area contributed by atoms with E-state index in [1.54, 1.807) is 0 Å². The lowest BCUT2D eigenvalue weighted by Gasteiger charge is -2.16. The fraction of sp³-hybridized carbons (Fsp3) is 0.500. The molecule has 0 saturated carbocycles. The highest BCUT2D eigenvalue weighted by Crippen LogP contribution is 2.26. The van der Waals surface area contributed by atoms with Crippen molar-refractivity contribution < 1.29 is 9.90 Å². The van der Waals surface area contributed by atoms with Gasteiger partial charge in [0.1, 0.15) is 0 Å². The quantitative estimate of drug-likeness (QED) is 0.828. The second kappa shape index (κ2) is 6.86. The highest BCUT2D eigenvalue weighted by Gasteiger charge is 2.22. The highest BCUT2D eigenvalue weighted by atomic mass is 79.9. The summed E-state index contributed by atoms with van der Waals surface area (Å²) in [7, 11) is 0. The van der Waals surface area contributed by atoms with Gasteiger partial charge >= 0.3 is 5.97 Å². The SMILES string of the molecule is O=C(O)CCC1CCN(Cc2ccc(Br)c(Br)c2)C1. The molecular weight excluding hydrogens is 374 g/mol. The van der Waals surface area contributed by atoms with Crippen LogP contribution in [0.25, 0.3) is 0 Å². The van der Waals surface area contributed by atoms with Gasteiger partial charge in [0.25, 0.3) is 0 Å². The van der Waals surface area contributed by atoms with E-state index in [0.29, 0.717) is 12.3 Å². The smallest absolute Gasteiger partial charge is 0.303 e. The fourth-order valence-corrected chi connectivity index (χ4v) is 3.19. The number of halogens is 2. The minimum atomic E-state index is -0.685. The van der Waals surface area contributed by atoms with Crippen molar-refractivity contribution in [1.82, 2.24) is 4.90 Å². The summed E-state index contributed by atoms with van der Waals surface area (Å²) in [6.45, 7) is 3.02. The van der Waals surface area contributed by atoms with Gasteiger partial charge in [-0.1, -0.05) is 6.07 Å². The van der Waals surface area contributed by atoms with Crippen LogP contribution < -0.4 is 0 Å². The fourth-order valence-electron chi connectivity index (χ4n) is 2.52. The Morgan fingerprint density at radius 2 is 2.16 bits per heavy atom. The Labute approximate surface area is 130 Å². The summed E-state index contributed by atoms with van der Waals surface area (Å²) in [4.78, 5) is 13.0. The third-order valence-electron chi connectivity index (χ3n) is 3.53. The van der Waals surface area contributed by atoms with Crippen LogP contribution in [0.1, 0.15) is 24.8 Å². The molecule has 0 spiro atoms. The zero-order valence-electron chi connectivity index (χ0n) is 10.6. The molecule has 0 aromatic heterocycles. The average molecular weight is 391 g/mol. The molecule has 1 heterocycles. The molecule has 19 heavy (non-hydrogen) atoms. The summed E-state index contributed by atoms with van der Waals surface area (Å²) in [5.74, 6) is -0.148. The minimum Gasteiger partial charge on any atom is -0.481 e. The average Bonchev–Trinajstić information content (AvgIpc) is 2.79. The van der Waals surface area contributed by atoms with Gasteiger partial charge in [-0.05, 0) is 74.9 Å². The van der Waals surface area contributed by atoms with Gasteiger partial charge in [-0.3, -0.25) is 9.69 Å². The summed E-state index contributed by atoms with van der Waals surface area (Å²) in [5, 5.41) is 8.71. The van der Waals surface area contributed by atoms with E-state index in [1.165, 1.54) is 5.56 Å². The molecule has 1 aliphatic heterocycles. The number of aliphatic carboxylic acids is 1. The number of nitrogens with zero attached hydrogens (tertiary/aromatic N) is 1. The lowest BCUT2D eigenvalue weighted by molar-refractivity contribution is -0.137. The molecule has 1 aliphatic rings. The third-order valence-corrected chi connectivity index (χ3v) is 5.41. The van der Waals surface area contributed by atoms with Crippen LogP contribution in [0.3, 0.4) is 0 Å². The number of hydrogen-bond acceptors (Lipinski definition) is 2. The van der Waals surface area contributed by atoms with E-state index in [4.69, 9.17) is 5.11 Å². The second-order valence-electron chi connectivity index (χ2n) is 5.07. The molecular formula is C14H17Br2NO2. The molecule has 0 amide bonds. The molecule has 1 aromatic carbocycles. The maximum absolute atomic E-state index is 10.6. The van der Waals surface area contributed by atoms with E-state index in [-0.39, 0.29) is 0 Å². The van der Waals surface area contributed by atoms with Crippen LogP contribution in [-0.2, 0) is 11.3 Å². The second-order valence-corrected chi connectivity index (χ2v) is 6.78. The van der Waals surface area contributed by atoms with E-state index >= 15 is 0 Å². The molecule has 5 heteroatoms. The molecule has 1 atom stereocenters. The van der Waals surface area contributed by atoms with Crippen molar-refractivity contribution in [2.45, 2.75) is 25.8 Å². The Morgan fingerprint density at radius 3 is 2.84 bits per heavy atom. The number of rotatable bonds is 5. The summed E-state index contributed by atoms with van der Waals surface area (Å²) < 4.78 is 2.14.